The van der Waals surface area contributed by atoms with Gasteiger partial charge < -0.3 is 0 Å². The van der Waals surface area contributed by atoms with E-state index >= 15 is 0 Å². The molecule has 0 saturated carbocycles. The summed E-state index contributed by atoms with van der Waals surface area (Å²) < 4.78 is 0. The Morgan fingerprint density at radius 3 is 0.800 bits per heavy atom. The van der Waals surface area contributed by atoms with E-state index in [1.807, 2.05) is 0 Å². The number of rotatable bonds is 3. The van der Waals surface area contributed by atoms with Gasteiger partial charge in [0, 0.05) is 32.7 Å². The Labute approximate surface area is 213 Å². The number of hydrogen-bond donors (Lipinski definition) is 0. The van der Waals surface area contributed by atoms with Crippen molar-refractivity contribution in [2.24, 2.45) is 0 Å². The van der Waals surface area contributed by atoms with Gasteiger partial charge in [0.25, 0.3) is 0 Å². The Morgan fingerprint density at radius 1 is 0.467 bits per heavy atom. The van der Waals surface area contributed by atoms with Crippen LogP contribution in [-0.4, -0.2) is 24.2 Å². The zero-order valence-electron chi connectivity index (χ0n) is 19.8. The fourth-order valence-corrected chi connectivity index (χ4v) is 5.71. The molecule has 0 radical (unpaired) electrons. The van der Waals surface area contributed by atoms with Crippen molar-refractivity contribution in [3.63, 3.8) is 0 Å². The summed E-state index contributed by atoms with van der Waals surface area (Å²) in [7, 11) is -4.57. The SMILES string of the molecule is C[Si](C)(C)C#Cc1c(CBr)c(C#C[Si](C)(C)C)c(CBr)c(C#C[Si](C)(C)C)c1CBr. The third-order valence-corrected chi connectivity index (χ3v) is 8.21. The summed E-state index contributed by atoms with van der Waals surface area (Å²) in [6, 6.07) is 0. The number of hydrogen-bond acceptors (Lipinski definition) is 0. The first kappa shape index (κ1) is 28.0. The van der Waals surface area contributed by atoms with E-state index in [0.29, 0.717) is 0 Å². The molecular formula is C24H33Br3Si3. The molecule has 30 heavy (non-hydrogen) atoms. The van der Waals surface area contributed by atoms with Crippen LogP contribution in [0.25, 0.3) is 0 Å². The van der Waals surface area contributed by atoms with Crippen LogP contribution in [0.5, 0.6) is 0 Å². The Balaban J connectivity index is 4.19. The highest BCUT2D eigenvalue weighted by Gasteiger charge is 2.21. The van der Waals surface area contributed by atoms with Gasteiger partial charge in [0.05, 0.1) is 0 Å². The minimum Gasteiger partial charge on any atom is -0.127 e. The fraction of sp³-hybridized carbons (Fsp3) is 0.500. The van der Waals surface area contributed by atoms with Crippen molar-refractivity contribution in [2.45, 2.75) is 74.9 Å². The molecule has 0 aromatic heterocycles. The first-order valence-electron chi connectivity index (χ1n) is 10.1. The van der Waals surface area contributed by atoms with Crippen LogP contribution in [0.4, 0.5) is 0 Å². The number of halogens is 3. The lowest BCUT2D eigenvalue weighted by atomic mass is 9.89. The van der Waals surface area contributed by atoms with E-state index in [9.17, 15) is 0 Å². The molecular weight excluding hydrogens is 612 g/mol. The average molecular weight is 645 g/mol. The van der Waals surface area contributed by atoms with Crippen molar-refractivity contribution in [1.29, 1.82) is 0 Å². The number of alkyl halides is 3. The Morgan fingerprint density at radius 2 is 0.667 bits per heavy atom. The maximum Gasteiger partial charge on any atom is 0.129 e. The molecule has 0 heterocycles. The Bertz CT molecular complexity index is 822. The van der Waals surface area contributed by atoms with Gasteiger partial charge in [-0.1, -0.05) is 124 Å². The summed E-state index contributed by atoms with van der Waals surface area (Å²) in [5.74, 6) is 10.7. The summed E-state index contributed by atoms with van der Waals surface area (Å²) in [4.78, 5) is 0. The van der Waals surface area contributed by atoms with Crippen molar-refractivity contribution in [1.82, 2.24) is 0 Å². The smallest absolute Gasteiger partial charge is 0.127 e. The highest BCUT2D eigenvalue weighted by atomic mass is 79.9. The maximum absolute atomic E-state index is 3.75. The third-order valence-electron chi connectivity index (χ3n) is 3.90. The first-order valence-corrected chi connectivity index (χ1v) is 24.0. The van der Waals surface area contributed by atoms with Gasteiger partial charge in [-0.3, -0.25) is 0 Å². The zero-order chi connectivity index (χ0) is 23.3. The van der Waals surface area contributed by atoms with Crippen molar-refractivity contribution in [3.05, 3.63) is 33.4 Å². The second-order valence-electron chi connectivity index (χ2n) is 10.5. The van der Waals surface area contributed by atoms with Crippen LogP contribution in [0.15, 0.2) is 0 Å². The summed E-state index contributed by atoms with van der Waals surface area (Å²) in [6.07, 6.45) is 0. The van der Waals surface area contributed by atoms with Gasteiger partial charge in [-0.2, -0.15) is 0 Å². The minimum absolute atomic E-state index is 0.736. The standard InChI is InChI=1S/C24H33Br3Si3/c1-28(2,3)13-10-19-22(16-25)20(11-14-29(4,5)6)24(18-27)21(23(19)17-26)12-15-30(7,8)9/h16-18H2,1-9H3. The van der Waals surface area contributed by atoms with E-state index in [-0.39, 0.29) is 0 Å². The maximum atomic E-state index is 3.75. The van der Waals surface area contributed by atoms with Crippen molar-refractivity contribution in [2.75, 3.05) is 0 Å². The van der Waals surface area contributed by atoms with E-state index in [4.69, 9.17) is 0 Å². The Kier molecular flexibility index (Phi) is 10.5. The van der Waals surface area contributed by atoms with Gasteiger partial charge in [0.2, 0.25) is 0 Å². The van der Waals surface area contributed by atoms with E-state index in [1.54, 1.807) is 0 Å². The van der Waals surface area contributed by atoms with E-state index < -0.39 is 24.2 Å². The second kappa shape index (κ2) is 11.2. The normalized spacial score (nSPS) is 11.6. The molecule has 0 aliphatic rings. The molecule has 0 amide bonds. The van der Waals surface area contributed by atoms with Crippen molar-refractivity contribution >= 4 is 72.0 Å². The molecule has 0 bridgehead atoms. The average Bonchev–Trinajstić information content (AvgIpc) is 2.59. The van der Waals surface area contributed by atoms with Crippen LogP contribution in [0.3, 0.4) is 0 Å². The quantitative estimate of drug-likeness (QED) is 0.177. The van der Waals surface area contributed by atoms with Gasteiger partial charge in [-0.15, -0.1) is 16.6 Å². The Hall–Kier alpha value is -0.00935. The molecule has 0 aliphatic carbocycles. The van der Waals surface area contributed by atoms with E-state index in [0.717, 1.165) is 32.7 Å². The molecule has 1 rings (SSSR count). The molecule has 0 spiro atoms. The molecule has 162 valence electrons. The van der Waals surface area contributed by atoms with Crippen LogP contribution in [-0.2, 0) is 16.0 Å². The van der Waals surface area contributed by atoms with Crippen LogP contribution in [0, 0.1) is 34.4 Å². The van der Waals surface area contributed by atoms with Gasteiger partial charge in [0.15, 0.2) is 0 Å². The molecule has 6 heteroatoms. The molecule has 0 N–H and O–H groups in total. The highest BCUT2D eigenvalue weighted by Crippen LogP contribution is 2.32. The van der Waals surface area contributed by atoms with E-state index in [1.165, 1.54) is 16.7 Å². The van der Waals surface area contributed by atoms with Gasteiger partial charge in [0.1, 0.15) is 24.2 Å². The summed E-state index contributed by atoms with van der Waals surface area (Å²) in [6.45, 7) is 20.6. The van der Waals surface area contributed by atoms with Crippen LogP contribution < -0.4 is 0 Å². The lowest BCUT2D eigenvalue weighted by Crippen LogP contribution is -2.18. The van der Waals surface area contributed by atoms with Gasteiger partial charge in [-0.05, 0) is 16.7 Å². The molecule has 1 aromatic rings. The lowest BCUT2D eigenvalue weighted by molar-refractivity contribution is 1.22. The molecule has 0 nitrogen and oxygen atoms in total. The predicted molar refractivity (Wildman–Crippen MR) is 155 cm³/mol. The summed E-state index contributed by atoms with van der Waals surface area (Å²) in [5.41, 5.74) is 17.7. The third kappa shape index (κ3) is 8.85. The van der Waals surface area contributed by atoms with Crippen molar-refractivity contribution < 1.29 is 0 Å². The molecule has 0 saturated heterocycles. The van der Waals surface area contributed by atoms with Crippen LogP contribution >= 0.6 is 47.8 Å². The topological polar surface area (TPSA) is 0 Å². The highest BCUT2D eigenvalue weighted by molar-refractivity contribution is 9.09. The largest absolute Gasteiger partial charge is 0.129 e. The van der Waals surface area contributed by atoms with Gasteiger partial charge >= 0.3 is 0 Å². The van der Waals surface area contributed by atoms with E-state index in [2.05, 4.69) is 141 Å². The monoisotopic (exact) mass is 642 g/mol. The summed E-state index contributed by atoms with van der Waals surface area (Å²) >= 11 is 11.2. The first-order chi connectivity index (χ1) is 13.6. The van der Waals surface area contributed by atoms with Crippen LogP contribution in [0.1, 0.15) is 33.4 Å². The fourth-order valence-electron chi connectivity index (χ4n) is 2.52. The molecule has 0 unspecified atom stereocenters. The van der Waals surface area contributed by atoms with Crippen molar-refractivity contribution in [3.8, 4) is 34.4 Å². The summed E-state index contributed by atoms with van der Waals surface area (Å²) in [5, 5.41) is 2.21. The zero-order valence-corrected chi connectivity index (χ0v) is 27.5. The molecule has 0 fully saturated rings. The lowest BCUT2D eigenvalue weighted by Gasteiger charge is -2.19. The van der Waals surface area contributed by atoms with Gasteiger partial charge in [-0.25, -0.2) is 0 Å². The molecule has 0 atom stereocenters. The predicted octanol–water partition coefficient (Wildman–Crippen LogP) is 8.06. The molecule has 0 aliphatic heterocycles. The van der Waals surface area contributed by atoms with Crippen LogP contribution in [0.2, 0.25) is 58.9 Å². The second-order valence-corrected chi connectivity index (χ2v) is 26.4. The molecule has 1 aromatic carbocycles. The minimum atomic E-state index is -1.52. The number of benzene rings is 1.